The Balaban J connectivity index is 1.48. The zero-order valence-electron chi connectivity index (χ0n) is 19.4. The average Bonchev–Trinajstić information content (AvgIpc) is 3.19. The summed E-state index contributed by atoms with van der Waals surface area (Å²) in [6.45, 7) is 6.94. The highest BCUT2D eigenvalue weighted by molar-refractivity contribution is 6.31. The maximum Gasteiger partial charge on any atom is 0.307 e. The van der Waals surface area contributed by atoms with Crippen LogP contribution in [-0.4, -0.2) is 44.2 Å². The van der Waals surface area contributed by atoms with Gasteiger partial charge in [0.2, 0.25) is 0 Å². The van der Waals surface area contributed by atoms with E-state index in [1.807, 2.05) is 32.2 Å². The van der Waals surface area contributed by atoms with Gasteiger partial charge in [-0.15, -0.1) is 0 Å². The van der Waals surface area contributed by atoms with Crippen LogP contribution in [-0.2, 0) is 33.7 Å². The molecule has 1 atom stereocenters. The van der Waals surface area contributed by atoms with Crippen molar-refractivity contribution in [1.82, 2.24) is 4.90 Å². The van der Waals surface area contributed by atoms with Crippen LogP contribution in [0.4, 0.5) is 0 Å². The second-order valence-electron chi connectivity index (χ2n) is 8.14. The highest BCUT2D eigenvalue weighted by atomic mass is 35.5. The molecule has 0 bridgehead atoms. The Morgan fingerprint density at radius 1 is 1.19 bits per heavy atom. The molecule has 0 aliphatic heterocycles. The van der Waals surface area contributed by atoms with Crippen molar-refractivity contribution in [2.45, 2.75) is 52.2 Å². The van der Waals surface area contributed by atoms with E-state index in [9.17, 15) is 4.79 Å². The lowest BCUT2D eigenvalue weighted by atomic mass is 10.1. The Bertz CT molecular complexity index is 901. The summed E-state index contributed by atoms with van der Waals surface area (Å²) in [6.07, 6.45) is 3.43. The quantitative estimate of drug-likeness (QED) is 0.399. The summed E-state index contributed by atoms with van der Waals surface area (Å²) in [6, 6.07) is 12.3. The molecular weight excluding hydrogens is 426 g/mol. The zero-order valence-corrected chi connectivity index (χ0v) is 20.1. The molecule has 2 aromatic carbocycles. The van der Waals surface area contributed by atoms with Gasteiger partial charge in [0.25, 0.3) is 0 Å². The van der Waals surface area contributed by atoms with Crippen LogP contribution in [0.2, 0.25) is 5.02 Å². The van der Waals surface area contributed by atoms with E-state index in [1.165, 1.54) is 16.7 Å². The van der Waals surface area contributed by atoms with Crippen LogP contribution in [0.5, 0.6) is 5.75 Å². The van der Waals surface area contributed by atoms with E-state index < -0.39 is 0 Å². The summed E-state index contributed by atoms with van der Waals surface area (Å²) >= 11 is 6.38. The zero-order chi connectivity index (χ0) is 22.9. The topological polar surface area (TPSA) is 48.0 Å². The Morgan fingerprint density at radius 2 is 2.03 bits per heavy atom. The van der Waals surface area contributed by atoms with Crippen molar-refractivity contribution < 1.29 is 19.0 Å². The van der Waals surface area contributed by atoms with Crippen LogP contribution in [0.3, 0.4) is 0 Å². The standard InChI is InChI=1S/C26H34ClNO4/c1-4-19-7-6-8-24(27)23(19)18-32-21-10-11-22-20(17-21)9-12-25(22)31-16-15-28(3)14-13-26(29)30-5-2/h6-8,10-11,17,25H,4-5,9,12-16,18H2,1-3H3/t25-/m0/s1. The fourth-order valence-corrected chi connectivity index (χ4v) is 4.30. The summed E-state index contributed by atoms with van der Waals surface area (Å²) in [7, 11) is 2.00. The van der Waals surface area contributed by atoms with Crippen molar-refractivity contribution >= 4 is 17.6 Å². The Hall–Kier alpha value is -2.08. The molecule has 0 heterocycles. The molecule has 6 heteroatoms. The van der Waals surface area contributed by atoms with Gasteiger partial charge in [0.15, 0.2) is 0 Å². The van der Waals surface area contributed by atoms with E-state index in [0.717, 1.165) is 42.1 Å². The van der Waals surface area contributed by atoms with Gasteiger partial charge in [-0.3, -0.25) is 4.79 Å². The van der Waals surface area contributed by atoms with Crippen LogP contribution >= 0.6 is 11.6 Å². The van der Waals surface area contributed by atoms with Gasteiger partial charge in [-0.25, -0.2) is 0 Å². The number of hydrogen-bond acceptors (Lipinski definition) is 5. The molecule has 0 radical (unpaired) electrons. The van der Waals surface area contributed by atoms with E-state index in [4.69, 9.17) is 25.8 Å². The van der Waals surface area contributed by atoms with Crippen LogP contribution in [0.15, 0.2) is 36.4 Å². The molecule has 1 aliphatic carbocycles. The predicted molar refractivity (Wildman–Crippen MR) is 127 cm³/mol. The first-order valence-electron chi connectivity index (χ1n) is 11.5. The van der Waals surface area contributed by atoms with Gasteiger partial charge in [0.05, 0.1) is 25.7 Å². The number of ether oxygens (including phenoxy) is 3. The first-order valence-corrected chi connectivity index (χ1v) is 11.9. The third-order valence-corrected chi connectivity index (χ3v) is 6.27. The molecule has 3 rings (SSSR count). The van der Waals surface area contributed by atoms with Crippen LogP contribution in [0.25, 0.3) is 0 Å². The SMILES string of the molecule is CCOC(=O)CCN(C)CCO[C@H]1CCc2cc(OCc3c(Cl)cccc3CC)ccc21. The Morgan fingerprint density at radius 3 is 2.81 bits per heavy atom. The molecule has 0 saturated carbocycles. The predicted octanol–water partition coefficient (Wildman–Crippen LogP) is 5.37. The molecule has 0 fully saturated rings. The maximum atomic E-state index is 11.5. The minimum atomic E-state index is -0.150. The van der Waals surface area contributed by atoms with Gasteiger partial charge in [0.1, 0.15) is 12.4 Å². The van der Waals surface area contributed by atoms with E-state index >= 15 is 0 Å². The number of likely N-dealkylation sites (N-methyl/N-ethyl adjacent to an activating group) is 1. The number of aryl methyl sites for hydroxylation is 2. The second-order valence-corrected chi connectivity index (χ2v) is 8.54. The smallest absolute Gasteiger partial charge is 0.307 e. The largest absolute Gasteiger partial charge is 0.489 e. The summed E-state index contributed by atoms with van der Waals surface area (Å²) < 4.78 is 17.2. The maximum absolute atomic E-state index is 11.5. The van der Waals surface area contributed by atoms with Crippen molar-refractivity contribution in [3.05, 3.63) is 63.7 Å². The van der Waals surface area contributed by atoms with Crippen molar-refractivity contribution in [1.29, 1.82) is 0 Å². The summed E-state index contributed by atoms with van der Waals surface area (Å²) in [5.41, 5.74) is 4.82. The second kappa shape index (κ2) is 12.2. The number of halogens is 1. The van der Waals surface area contributed by atoms with Crippen molar-refractivity contribution in [3.63, 3.8) is 0 Å². The molecule has 32 heavy (non-hydrogen) atoms. The number of carbonyl (C=O) groups is 1. The van der Waals surface area contributed by atoms with E-state index in [1.54, 1.807) is 0 Å². The van der Waals surface area contributed by atoms with Gasteiger partial charge >= 0.3 is 5.97 Å². The fraction of sp³-hybridized carbons (Fsp3) is 0.500. The summed E-state index contributed by atoms with van der Waals surface area (Å²) in [5, 5.41) is 0.756. The number of benzene rings is 2. The van der Waals surface area contributed by atoms with E-state index in [-0.39, 0.29) is 12.1 Å². The molecular formula is C26H34ClNO4. The lowest BCUT2D eigenvalue weighted by molar-refractivity contribution is -0.143. The van der Waals surface area contributed by atoms with E-state index in [0.29, 0.717) is 32.8 Å². The molecule has 0 amide bonds. The molecule has 1 aliphatic rings. The molecule has 0 aromatic heterocycles. The highest BCUT2D eigenvalue weighted by Crippen LogP contribution is 2.36. The first-order chi connectivity index (χ1) is 15.5. The number of rotatable bonds is 12. The van der Waals surface area contributed by atoms with Gasteiger partial charge in [-0.05, 0) is 68.1 Å². The molecule has 0 saturated heterocycles. The lowest BCUT2D eigenvalue weighted by Gasteiger charge is -2.19. The van der Waals surface area contributed by atoms with Gasteiger partial charge in [-0.2, -0.15) is 0 Å². The van der Waals surface area contributed by atoms with Gasteiger partial charge in [-0.1, -0.05) is 36.7 Å². The third kappa shape index (κ3) is 6.71. The minimum Gasteiger partial charge on any atom is -0.489 e. The van der Waals surface area contributed by atoms with Gasteiger partial charge < -0.3 is 19.1 Å². The van der Waals surface area contributed by atoms with Gasteiger partial charge in [0, 0.05) is 23.7 Å². The first kappa shape index (κ1) is 24.6. The summed E-state index contributed by atoms with van der Waals surface area (Å²) in [4.78, 5) is 13.6. The molecule has 0 unspecified atom stereocenters. The monoisotopic (exact) mass is 459 g/mol. The lowest BCUT2D eigenvalue weighted by Crippen LogP contribution is -2.26. The third-order valence-electron chi connectivity index (χ3n) is 5.91. The Labute approximate surface area is 196 Å². The minimum absolute atomic E-state index is 0.118. The van der Waals surface area contributed by atoms with Crippen molar-refractivity contribution in [2.75, 3.05) is 33.4 Å². The van der Waals surface area contributed by atoms with Crippen molar-refractivity contribution in [2.24, 2.45) is 0 Å². The fourth-order valence-electron chi connectivity index (χ4n) is 4.05. The summed E-state index contributed by atoms with van der Waals surface area (Å²) in [5.74, 6) is 0.716. The normalized spacial score (nSPS) is 15.1. The van der Waals surface area contributed by atoms with Crippen LogP contribution in [0.1, 0.15) is 55.0 Å². The number of fused-ring (bicyclic) bond motifs is 1. The molecule has 0 N–H and O–H groups in total. The highest BCUT2D eigenvalue weighted by Gasteiger charge is 2.23. The number of nitrogens with zero attached hydrogens (tertiary/aromatic N) is 1. The van der Waals surface area contributed by atoms with Crippen molar-refractivity contribution in [3.8, 4) is 5.75 Å². The van der Waals surface area contributed by atoms with E-state index in [2.05, 4.69) is 30.0 Å². The molecule has 174 valence electrons. The van der Waals surface area contributed by atoms with Crippen LogP contribution < -0.4 is 4.74 Å². The number of carbonyl (C=O) groups excluding carboxylic acids is 1. The molecule has 0 spiro atoms. The molecule has 5 nitrogen and oxygen atoms in total. The molecule has 2 aromatic rings. The number of hydrogen-bond donors (Lipinski definition) is 0. The van der Waals surface area contributed by atoms with Crippen LogP contribution in [0, 0.1) is 0 Å². The number of esters is 1. The average molecular weight is 460 g/mol. The Kier molecular flexibility index (Phi) is 9.39.